The van der Waals surface area contributed by atoms with Gasteiger partial charge in [0.2, 0.25) is 0 Å². The first-order valence-electron chi connectivity index (χ1n) is 9.68. The van der Waals surface area contributed by atoms with E-state index >= 15 is 0 Å². The van der Waals surface area contributed by atoms with Crippen molar-refractivity contribution in [3.8, 4) is 11.4 Å². The van der Waals surface area contributed by atoms with Gasteiger partial charge in [-0.25, -0.2) is 4.98 Å². The average molecular weight is 351 g/mol. The van der Waals surface area contributed by atoms with E-state index in [0.717, 1.165) is 50.5 Å². The lowest BCUT2D eigenvalue weighted by Gasteiger charge is -2.18. The average Bonchev–Trinajstić information content (AvgIpc) is 3.05. The molecule has 138 valence electrons. The molecule has 0 bridgehead atoms. The summed E-state index contributed by atoms with van der Waals surface area (Å²) in [4.78, 5) is 7.41. The van der Waals surface area contributed by atoms with E-state index in [-0.39, 0.29) is 0 Å². The highest BCUT2D eigenvalue weighted by molar-refractivity contribution is 5.80. The van der Waals surface area contributed by atoms with E-state index in [0.29, 0.717) is 0 Å². The first kappa shape index (κ1) is 18.6. The normalized spacial score (nSPS) is 11.5. The maximum absolute atomic E-state index is 4.93. The van der Waals surface area contributed by atoms with E-state index < -0.39 is 0 Å². The van der Waals surface area contributed by atoms with Gasteiger partial charge < -0.3 is 14.8 Å². The number of benzene rings is 2. The van der Waals surface area contributed by atoms with E-state index in [4.69, 9.17) is 4.98 Å². The summed E-state index contributed by atoms with van der Waals surface area (Å²) in [6.07, 6.45) is 1.13. The molecule has 0 radical (unpaired) electrons. The SMILES string of the molecule is CCN(CC)CCCn1c(-c2ccc(CNC)cc2)nc2ccccc21. The van der Waals surface area contributed by atoms with Crippen LogP contribution in [0.15, 0.2) is 48.5 Å². The van der Waals surface area contributed by atoms with Crippen LogP contribution < -0.4 is 5.32 Å². The number of aromatic nitrogens is 2. The van der Waals surface area contributed by atoms with Crippen molar-refractivity contribution in [2.24, 2.45) is 0 Å². The van der Waals surface area contributed by atoms with E-state index in [2.05, 4.69) is 77.2 Å². The second kappa shape index (κ2) is 8.97. The molecule has 1 aromatic heterocycles. The lowest BCUT2D eigenvalue weighted by Crippen LogP contribution is -2.24. The lowest BCUT2D eigenvalue weighted by molar-refractivity contribution is 0.294. The van der Waals surface area contributed by atoms with Crippen LogP contribution in [0.2, 0.25) is 0 Å². The smallest absolute Gasteiger partial charge is 0.141 e. The van der Waals surface area contributed by atoms with Gasteiger partial charge in [-0.1, -0.05) is 50.2 Å². The van der Waals surface area contributed by atoms with E-state index in [9.17, 15) is 0 Å². The molecule has 0 aliphatic carbocycles. The largest absolute Gasteiger partial charge is 0.324 e. The van der Waals surface area contributed by atoms with Gasteiger partial charge in [-0.15, -0.1) is 0 Å². The van der Waals surface area contributed by atoms with Crippen molar-refractivity contribution in [2.45, 2.75) is 33.4 Å². The van der Waals surface area contributed by atoms with Gasteiger partial charge in [0.1, 0.15) is 5.82 Å². The van der Waals surface area contributed by atoms with Gasteiger partial charge in [0.15, 0.2) is 0 Å². The molecular formula is C22H30N4. The maximum atomic E-state index is 4.93. The Balaban J connectivity index is 1.89. The van der Waals surface area contributed by atoms with Crippen LogP contribution in [0.5, 0.6) is 0 Å². The van der Waals surface area contributed by atoms with Crippen LogP contribution in [0.3, 0.4) is 0 Å². The minimum absolute atomic E-state index is 0.889. The summed E-state index contributed by atoms with van der Waals surface area (Å²) in [5.74, 6) is 1.07. The molecule has 4 nitrogen and oxygen atoms in total. The zero-order valence-electron chi connectivity index (χ0n) is 16.2. The summed E-state index contributed by atoms with van der Waals surface area (Å²) >= 11 is 0. The molecule has 4 heteroatoms. The Morgan fingerprint density at radius 3 is 2.42 bits per heavy atom. The number of hydrogen-bond acceptors (Lipinski definition) is 3. The molecule has 1 heterocycles. The zero-order valence-corrected chi connectivity index (χ0v) is 16.2. The van der Waals surface area contributed by atoms with E-state index in [1.54, 1.807) is 0 Å². The molecule has 0 aliphatic rings. The molecule has 0 atom stereocenters. The van der Waals surface area contributed by atoms with Crippen LogP contribution in [0.25, 0.3) is 22.4 Å². The number of rotatable bonds is 9. The first-order chi connectivity index (χ1) is 12.8. The Bertz CT molecular complexity index is 816. The molecule has 3 rings (SSSR count). The van der Waals surface area contributed by atoms with Crippen molar-refractivity contribution in [2.75, 3.05) is 26.7 Å². The third-order valence-corrected chi connectivity index (χ3v) is 5.00. The van der Waals surface area contributed by atoms with Gasteiger partial charge in [0, 0.05) is 18.7 Å². The Morgan fingerprint density at radius 2 is 1.73 bits per heavy atom. The van der Waals surface area contributed by atoms with Crippen LogP contribution in [-0.4, -0.2) is 41.1 Å². The van der Waals surface area contributed by atoms with Crippen molar-refractivity contribution in [3.63, 3.8) is 0 Å². The molecule has 0 saturated carbocycles. The van der Waals surface area contributed by atoms with Crippen LogP contribution in [0, 0.1) is 0 Å². The van der Waals surface area contributed by atoms with Crippen molar-refractivity contribution < 1.29 is 0 Å². The van der Waals surface area contributed by atoms with Crippen LogP contribution in [-0.2, 0) is 13.1 Å². The molecule has 0 saturated heterocycles. The Kier molecular flexibility index (Phi) is 6.42. The molecular weight excluding hydrogens is 320 g/mol. The van der Waals surface area contributed by atoms with Gasteiger partial charge >= 0.3 is 0 Å². The van der Waals surface area contributed by atoms with Gasteiger partial charge in [-0.05, 0) is 50.8 Å². The standard InChI is InChI=1S/C22H30N4/c1-4-25(5-2)15-8-16-26-21-10-7-6-9-20(21)24-22(26)19-13-11-18(12-14-19)17-23-3/h6-7,9-14,23H,4-5,8,15-17H2,1-3H3. The van der Waals surface area contributed by atoms with Gasteiger partial charge in [0.05, 0.1) is 11.0 Å². The van der Waals surface area contributed by atoms with Crippen LogP contribution >= 0.6 is 0 Å². The number of para-hydroxylation sites is 2. The summed E-state index contributed by atoms with van der Waals surface area (Å²) in [6.45, 7) is 9.69. The Labute approximate surface area is 156 Å². The van der Waals surface area contributed by atoms with Gasteiger partial charge in [-0.2, -0.15) is 0 Å². The lowest BCUT2D eigenvalue weighted by atomic mass is 10.1. The summed E-state index contributed by atoms with van der Waals surface area (Å²) in [7, 11) is 1.98. The third-order valence-electron chi connectivity index (χ3n) is 5.00. The Morgan fingerprint density at radius 1 is 1.00 bits per heavy atom. The van der Waals surface area contributed by atoms with Crippen LogP contribution in [0.1, 0.15) is 25.8 Å². The molecule has 2 aromatic carbocycles. The fourth-order valence-corrected chi connectivity index (χ4v) is 3.49. The Hall–Kier alpha value is -2.17. The minimum atomic E-state index is 0.889. The second-order valence-corrected chi connectivity index (χ2v) is 6.68. The minimum Gasteiger partial charge on any atom is -0.324 e. The fourth-order valence-electron chi connectivity index (χ4n) is 3.49. The van der Waals surface area contributed by atoms with Crippen molar-refractivity contribution >= 4 is 11.0 Å². The summed E-state index contributed by atoms with van der Waals surface area (Å²) in [5.41, 5.74) is 4.77. The van der Waals surface area contributed by atoms with Crippen molar-refractivity contribution in [1.29, 1.82) is 0 Å². The van der Waals surface area contributed by atoms with E-state index in [1.165, 1.54) is 16.6 Å². The topological polar surface area (TPSA) is 33.1 Å². The highest BCUT2D eigenvalue weighted by Crippen LogP contribution is 2.25. The van der Waals surface area contributed by atoms with Gasteiger partial charge in [-0.3, -0.25) is 0 Å². The summed E-state index contributed by atoms with van der Waals surface area (Å²) in [5, 5.41) is 3.20. The predicted molar refractivity (Wildman–Crippen MR) is 110 cm³/mol. The van der Waals surface area contributed by atoms with E-state index in [1.807, 2.05) is 7.05 Å². The zero-order chi connectivity index (χ0) is 18.4. The molecule has 1 N–H and O–H groups in total. The number of hydrogen-bond donors (Lipinski definition) is 1. The maximum Gasteiger partial charge on any atom is 0.141 e. The number of aryl methyl sites for hydroxylation is 1. The molecule has 3 aromatic rings. The number of fused-ring (bicyclic) bond motifs is 1. The molecule has 0 amide bonds. The molecule has 26 heavy (non-hydrogen) atoms. The summed E-state index contributed by atoms with van der Waals surface area (Å²) < 4.78 is 2.38. The highest BCUT2D eigenvalue weighted by Gasteiger charge is 2.12. The molecule has 0 unspecified atom stereocenters. The fraction of sp³-hybridized carbons (Fsp3) is 0.409. The number of imidazole rings is 1. The first-order valence-corrected chi connectivity index (χ1v) is 9.68. The number of nitrogens with zero attached hydrogens (tertiary/aromatic N) is 3. The molecule has 0 spiro atoms. The van der Waals surface area contributed by atoms with Gasteiger partial charge in [0.25, 0.3) is 0 Å². The molecule has 0 aliphatic heterocycles. The number of nitrogens with one attached hydrogen (secondary N) is 1. The van der Waals surface area contributed by atoms with Crippen LogP contribution in [0.4, 0.5) is 0 Å². The summed E-state index contributed by atoms with van der Waals surface area (Å²) in [6, 6.07) is 17.2. The monoisotopic (exact) mass is 350 g/mol. The van der Waals surface area contributed by atoms with Crippen molar-refractivity contribution in [1.82, 2.24) is 19.8 Å². The predicted octanol–water partition coefficient (Wildman–Crippen LogP) is 4.15. The highest BCUT2D eigenvalue weighted by atomic mass is 15.1. The second-order valence-electron chi connectivity index (χ2n) is 6.68. The quantitative estimate of drug-likeness (QED) is 0.629. The molecule has 0 fully saturated rings. The van der Waals surface area contributed by atoms with Crippen molar-refractivity contribution in [3.05, 3.63) is 54.1 Å². The third kappa shape index (κ3) is 4.14.